The van der Waals surface area contributed by atoms with Crippen LogP contribution < -0.4 is 0 Å². The summed E-state index contributed by atoms with van der Waals surface area (Å²) < 4.78 is 25.7. The van der Waals surface area contributed by atoms with E-state index in [0.29, 0.717) is 0 Å². The first-order valence-electron chi connectivity index (χ1n) is 5.75. The summed E-state index contributed by atoms with van der Waals surface area (Å²) in [6.07, 6.45) is 0.277. The summed E-state index contributed by atoms with van der Waals surface area (Å²) in [5.74, 6) is -1.34. The lowest BCUT2D eigenvalue weighted by Gasteiger charge is -2.18. The van der Waals surface area contributed by atoms with Gasteiger partial charge in [0.2, 0.25) is 5.03 Å². The number of aliphatic hydroxyl groups excluding tert-OH is 1. The molecule has 108 valence electrons. The van der Waals surface area contributed by atoms with Crippen LogP contribution in [0.5, 0.6) is 0 Å². The molecule has 1 aromatic rings. The Morgan fingerprint density at radius 2 is 2.11 bits per heavy atom. The number of aromatic carboxylic acids is 1. The van der Waals surface area contributed by atoms with Gasteiger partial charge in [-0.25, -0.2) is 13.2 Å². The van der Waals surface area contributed by atoms with Crippen molar-refractivity contribution in [2.24, 2.45) is 0 Å². The van der Waals surface area contributed by atoms with E-state index in [4.69, 9.17) is 10.2 Å². The number of rotatable bonds is 7. The fourth-order valence-electron chi connectivity index (χ4n) is 1.66. The van der Waals surface area contributed by atoms with Crippen molar-refractivity contribution in [3.05, 3.63) is 11.3 Å². The lowest BCUT2D eigenvalue weighted by Crippen LogP contribution is -2.33. The molecule has 1 heterocycles. The highest BCUT2D eigenvalue weighted by Gasteiger charge is 2.32. The Morgan fingerprint density at radius 1 is 1.47 bits per heavy atom. The largest absolute Gasteiger partial charge is 0.478 e. The van der Waals surface area contributed by atoms with Crippen LogP contribution in [0.1, 0.15) is 29.4 Å². The monoisotopic (exact) mass is 291 g/mol. The number of aryl methyl sites for hydroxylation is 1. The van der Waals surface area contributed by atoms with Crippen LogP contribution in [-0.2, 0) is 10.0 Å². The lowest BCUT2D eigenvalue weighted by atomic mass is 10.3. The van der Waals surface area contributed by atoms with Crippen molar-refractivity contribution in [2.75, 3.05) is 19.7 Å². The van der Waals surface area contributed by atoms with Crippen molar-refractivity contribution in [1.29, 1.82) is 0 Å². The molecule has 0 aliphatic heterocycles. The number of carbonyl (C=O) groups is 1. The first-order valence-corrected chi connectivity index (χ1v) is 7.19. The second-order valence-electron chi connectivity index (χ2n) is 3.91. The minimum absolute atomic E-state index is 0.111. The van der Waals surface area contributed by atoms with Crippen molar-refractivity contribution >= 4 is 16.0 Å². The SMILES string of the molecule is CCN(CCCO)S(=O)(=O)c1n[nH]c(C)c1C(=O)O. The predicted octanol–water partition coefficient (Wildman–Crippen LogP) is -0.191. The molecule has 1 aromatic heterocycles. The fraction of sp³-hybridized carbons (Fsp3) is 0.600. The third kappa shape index (κ3) is 3.11. The average Bonchev–Trinajstić information content (AvgIpc) is 2.72. The number of aromatic nitrogens is 2. The van der Waals surface area contributed by atoms with E-state index in [1.165, 1.54) is 6.92 Å². The third-order valence-electron chi connectivity index (χ3n) is 2.63. The summed E-state index contributed by atoms with van der Waals surface area (Å²) in [4.78, 5) is 11.1. The van der Waals surface area contributed by atoms with Crippen LogP contribution in [0.4, 0.5) is 0 Å². The van der Waals surface area contributed by atoms with Crippen LogP contribution in [0.25, 0.3) is 0 Å². The van der Waals surface area contributed by atoms with Gasteiger partial charge in [-0.2, -0.15) is 9.40 Å². The van der Waals surface area contributed by atoms with Crippen molar-refractivity contribution in [2.45, 2.75) is 25.3 Å². The van der Waals surface area contributed by atoms with Gasteiger partial charge in [0.15, 0.2) is 0 Å². The Morgan fingerprint density at radius 3 is 2.58 bits per heavy atom. The van der Waals surface area contributed by atoms with E-state index in [2.05, 4.69) is 10.2 Å². The Hall–Kier alpha value is -1.45. The Balaban J connectivity index is 3.22. The number of H-pyrrole nitrogens is 1. The number of aliphatic hydroxyl groups is 1. The molecule has 0 saturated heterocycles. The molecule has 1 rings (SSSR count). The normalized spacial score (nSPS) is 12.0. The molecule has 9 heteroatoms. The van der Waals surface area contributed by atoms with Gasteiger partial charge >= 0.3 is 5.97 Å². The van der Waals surface area contributed by atoms with Gasteiger partial charge in [-0.15, -0.1) is 0 Å². The first kappa shape index (κ1) is 15.6. The topological polar surface area (TPSA) is 124 Å². The Kier molecular flexibility index (Phi) is 5.04. The van der Waals surface area contributed by atoms with Crippen molar-refractivity contribution in [3.63, 3.8) is 0 Å². The van der Waals surface area contributed by atoms with Gasteiger partial charge in [0.25, 0.3) is 10.0 Å². The smallest absolute Gasteiger partial charge is 0.340 e. The van der Waals surface area contributed by atoms with Crippen molar-refractivity contribution in [3.8, 4) is 0 Å². The van der Waals surface area contributed by atoms with Gasteiger partial charge in [0.05, 0.1) is 0 Å². The van der Waals surface area contributed by atoms with Gasteiger partial charge in [-0.05, 0) is 13.3 Å². The van der Waals surface area contributed by atoms with Crippen LogP contribution in [0.15, 0.2) is 5.03 Å². The second-order valence-corrected chi connectivity index (χ2v) is 5.76. The van der Waals surface area contributed by atoms with Crippen molar-refractivity contribution in [1.82, 2.24) is 14.5 Å². The maximum atomic E-state index is 12.3. The number of nitrogens with zero attached hydrogens (tertiary/aromatic N) is 2. The average molecular weight is 291 g/mol. The molecule has 0 aliphatic rings. The van der Waals surface area contributed by atoms with Crippen LogP contribution in [0, 0.1) is 6.92 Å². The highest BCUT2D eigenvalue weighted by atomic mass is 32.2. The van der Waals surface area contributed by atoms with Crippen LogP contribution >= 0.6 is 0 Å². The molecule has 0 radical (unpaired) electrons. The van der Waals surface area contributed by atoms with E-state index in [1.54, 1.807) is 6.92 Å². The molecule has 0 unspecified atom stereocenters. The molecule has 0 atom stereocenters. The standard InChI is InChI=1S/C10H17N3O5S/c1-3-13(5-4-6-14)19(17,18)9-8(10(15)16)7(2)11-12-9/h14H,3-6H2,1-2H3,(H,11,12)(H,15,16). The van der Waals surface area contributed by atoms with Gasteiger partial charge in [0, 0.05) is 25.4 Å². The molecule has 0 bridgehead atoms. The Labute approximate surface area is 111 Å². The summed E-state index contributed by atoms with van der Waals surface area (Å²) >= 11 is 0. The molecule has 0 aromatic carbocycles. The quantitative estimate of drug-likeness (QED) is 0.639. The van der Waals surface area contributed by atoms with Crippen LogP contribution in [-0.4, -0.2) is 58.8 Å². The van der Waals surface area contributed by atoms with Crippen LogP contribution in [0.3, 0.4) is 0 Å². The first-order chi connectivity index (χ1) is 8.86. The summed E-state index contributed by atoms with van der Waals surface area (Å²) in [5, 5.41) is 23.3. The fourth-order valence-corrected chi connectivity index (χ4v) is 3.28. The second kappa shape index (κ2) is 6.13. The number of nitrogens with one attached hydrogen (secondary N) is 1. The predicted molar refractivity (Wildman–Crippen MR) is 66.4 cm³/mol. The van der Waals surface area contributed by atoms with Gasteiger partial charge in [0.1, 0.15) is 5.56 Å². The van der Waals surface area contributed by atoms with Gasteiger partial charge in [-0.3, -0.25) is 5.10 Å². The molecular weight excluding hydrogens is 274 g/mol. The maximum absolute atomic E-state index is 12.3. The van der Waals surface area contributed by atoms with E-state index in [-0.39, 0.29) is 37.4 Å². The van der Waals surface area contributed by atoms with E-state index in [0.717, 1.165) is 4.31 Å². The number of carboxylic acid groups (broad SMARTS) is 1. The number of aromatic amines is 1. The highest BCUT2D eigenvalue weighted by Crippen LogP contribution is 2.20. The number of hydrogen-bond donors (Lipinski definition) is 3. The van der Waals surface area contributed by atoms with E-state index >= 15 is 0 Å². The molecule has 0 fully saturated rings. The zero-order chi connectivity index (χ0) is 14.6. The molecule has 0 amide bonds. The van der Waals surface area contributed by atoms with Gasteiger partial charge < -0.3 is 10.2 Å². The summed E-state index contributed by atoms with van der Waals surface area (Å²) in [5.41, 5.74) is -0.160. The number of sulfonamides is 1. The van der Waals surface area contributed by atoms with Gasteiger partial charge in [-0.1, -0.05) is 6.92 Å². The van der Waals surface area contributed by atoms with Crippen molar-refractivity contribution < 1.29 is 23.4 Å². The summed E-state index contributed by atoms with van der Waals surface area (Å²) in [6, 6.07) is 0. The maximum Gasteiger partial charge on any atom is 0.340 e. The van der Waals surface area contributed by atoms with E-state index in [9.17, 15) is 13.2 Å². The third-order valence-corrected chi connectivity index (χ3v) is 4.54. The highest BCUT2D eigenvalue weighted by molar-refractivity contribution is 7.89. The Bertz CT molecular complexity index is 552. The molecule has 0 aliphatic carbocycles. The zero-order valence-electron chi connectivity index (χ0n) is 10.8. The number of carboxylic acids is 1. The minimum Gasteiger partial charge on any atom is -0.478 e. The van der Waals surface area contributed by atoms with Crippen LogP contribution in [0.2, 0.25) is 0 Å². The molecule has 3 N–H and O–H groups in total. The number of hydrogen-bond acceptors (Lipinski definition) is 5. The summed E-state index contributed by atoms with van der Waals surface area (Å²) in [6.45, 7) is 3.22. The molecule has 0 saturated carbocycles. The van der Waals surface area contributed by atoms with E-state index < -0.39 is 21.0 Å². The molecule has 8 nitrogen and oxygen atoms in total. The molecule has 19 heavy (non-hydrogen) atoms. The molecule has 0 spiro atoms. The molecular formula is C10H17N3O5S. The lowest BCUT2D eigenvalue weighted by molar-refractivity contribution is 0.0691. The van der Waals surface area contributed by atoms with E-state index in [1.807, 2.05) is 0 Å². The summed E-state index contributed by atoms with van der Waals surface area (Å²) in [7, 11) is -3.98. The zero-order valence-corrected chi connectivity index (χ0v) is 11.6. The minimum atomic E-state index is -3.98.